The maximum Gasteiger partial charge on any atom is 0.0434 e. The Hall–Kier alpha value is -6.54. The van der Waals surface area contributed by atoms with E-state index in [9.17, 15) is 0 Å². The fourth-order valence-electron chi connectivity index (χ4n) is 9.28. The van der Waals surface area contributed by atoms with Gasteiger partial charge >= 0.3 is 0 Å². The van der Waals surface area contributed by atoms with Crippen molar-refractivity contribution in [1.29, 1.82) is 0 Å². The molecule has 1 aliphatic carbocycles. The molecule has 0 amide bonds. The van der Waals surface area contributed by atoms with Crippen LogP contribution in [0.3, 0.4) is 0 Å². The zero-order valence-electron chi connectivity index (χ0n) is 28.7. The summed E-state index contributed by atoms with van der Waals surface area (Å²) in [6.07, 6.45) is 0. The highest BCUT2D eigenvalue weighted by Crippen LogP contribution is 2.59. The normalized spacial score (nSPS) is 12.2. The second-order valence-electron chi connectivity index (χ2n) is 14.3. The Labute approximate surface area is 310 Å². The summed E-state index contributed by atoms with van der Waals surface area (Å²) in [7, 11) is 0. The molecule has 244 valence electrons. The highest BCUT2D eigenvalue weighted by molar-refractivity contribution is 7.26. The molecule has 0 bridgehead atoms. The molecule has 0 nitrogen and oxygen atoms in total. The molecular weight excluding hydrogens is 657 g/mol. The number of hydrogen-bond acceptors (Lipinski definition) is 1. The molecule has 1 heterocycles. The number of benzene rings is 10. The van der Waals surface area contributed by atoms with Crippen LogP contribution in [0.25, 0.3) is 119 Å². The Bertz CT molecular complexity index is 3210. The van der Waals surface area contributed by atoms with E-state index in [4.69, 9.17) is 0 Å². The molecule has 0 fully saturated rings. The molecular formula is C52H30S. The van der Waals surface area contributed by atoms with Crippen LogP contribution in [0.15, 0.2) is 182 Å². The van der Waals surface area contributed by atoms with E-state index < -0.39 is 0 Å². The molecule has 0 saturated heterocycles. The van der Waals surface area contributed by atoms with Gasteiger partial charge in [0.25, 0.3) is 0 Å². The number of thiophene rings is 1. The summed E-state index contributed by atoms with van der Waals surface area (Å²) in [5, 5.41) is 12.9. The highest BCUT2D eigenvalue weighted by Gasteiger charge is 2.31. The summed E-state index contributed by atoms with van der Waals surface area (Å²) < 4.78 is 2.68. The van der Waals surface area contributed by atoms with Gasteiger partial charge < -0.3 is 0 Å². The molecule has 0 spiro atoms. The van der Waals surface area contributed by atoms with Crippen LogP contribution >= 0.6 is 11.3 Å². The molecule has 10 aromatic carbocycles. The van der Waals surface area contributed by atoms with Crippen LogP contribution in [0.4, 0.5) is 0 Å². The van der Waals surface area contributed by atoms with Gasteiger partial charge in [-0.2, -0.15) is 0 Å². The van der Waals surface area contributed by atoms with Crippen LogP contribution in [0.5, 0.6) is 0 Å². The van der Waals surface area contributed by atoms with E-state index in [0.717, 1.165) is 0 Å². The van der Waals surface area contributed by atoms with Crippen LogP contribution < -0.4 is 0 Å². The molecule has 1 aliphatic rings. The first kappa shape index (κ1) is 29.1. The Balaban J connectivity index is 1.22. The van der Waals surface area contributed by atoms with Crippen LogP contribution in [-0.2, 0) is 0 Å². The molecule has 11 aromatic rings. The average Bonchev–Trinajstić information content (AvgIpc) is 3.77. The fraction of sp³-hybridized carbons (Fsp3) is 0. The molecule has 1 heteroatoms. The van der Waals surface area contributed by atoms with Crippen molar-refractivity contribution in [2.75, 3.05) is 0 Å². The summed E-state index contributed by atoms with van der Waals surface area (Å²) in [4.78, 5) is 0. The van der Waals surface area contributed by atoms with Crippen LogP contribution in [-0.4, -0.2) is 0 Å². The van der Waals surface area contributed by atoms with Crippen molar-refractivity contribution in [2.24, 2.45) is 0 Å². The van der Waals surface area contributed by atoms with Crippen LogP contribution in [0, 0.1) is 0 Å². The highest BCUT2D eigenvalue weighted by atomic mass is 32.1. The van der Waals surface area contributed by atoms with Gasteiger partial charge in [-0.3, -0.25) is 0 Å². The van der Waals surface area contributed by atoms with Crippen molar-refractivity contribution in [3.63, 3.8) is 0 Å². The number of rotatable bonds is 3. The Morgan fingerprint density at radius 3 is 1.43 bits per heavy atom. The molecule has 1 aromatic heterocycles. The molecule has 0 unspecified atom stereocenters. The van der Waals surface area contributed by atoms with Gasteiger partial charge in [0.2, 0.25) is 0 Å². The van der Waals surface area contributed by atoms with E-state index in [2.05, 4.69) is 182 Å². The molecule has 0 aliphatic heterocycles. The maximum absolute atomic E-state index is 2.42. The zero-order valence-corrected chi connectivity index (χ0v) is 29.5. The number of fused-ring (bicyclic) bond motifs is 9. The Morgan fingerprint density at radius 1 is 0.283 bits per heavy atom. The Kier molecular flexibility index (Phi) is 6.03. The summed E-state index contributed by atoms with van der Waals surface area (Å²) in [6, 6.07) is 68.0. The van der Waals surface area contributed by atoms with Crippen LogP contribution in [0.1, 0.15) is 0 Å². The molecule has 12 rings (SSSR count). The second kappa shape index (κ2) is 11.0. The monoisotopic (exact) mass is 686 g/mol. The summed E-state index contributed by atoms with van der Waals surface area (Å²) in [5.41, 5.74) is 13.0. The maximum atomic E-state index is 2.42. The third kappa shape index (κ3) is 4.11. The van der Waals surface area contributed by atoms with Gasteiger partial charge in [-0.25, -0.2) is 0 Å². The first-order valence-electron chi connectivity index (χ1n) is 18.3. The van der Waals surface area contributed by atoms with Gasteiger partial charge in [0, 0.05) is 25.7 Å². The quantitative estimate of drug-likeness (QED) is 0.174. The van der Waals surface area contributed by atoms with Crippen molar-refractivity contribution >= 4 is 74.6 Å². The number of hydrogen-bond donors (Lipinski definition) is 0. The van der Waals surface area contributed by atoms with Crippen LogP contribution in [0.2, 0.25) is 0 Å². The lowest BCUT2D eigenvalue weighted by atomic mass is 9.82. The minimum Gasteiger partial charge on any atom is -0.135 e. The summed E-state index contributed by atoms with van der Waals surface area (Å²) in [6.45, 7) is 0. The van der Waals surface area contributed by atoms with Crippen molar-refractivity contribution in [3.05, 3.63) is 182 Å². The molecule has 0 radical (unpaired) electrons. The van der Waals surface area contributed by atoms with Gasteiger partial charge in [-0.15, -0.1) is 11.3 Å². The smallest absolute Gasteiger partial charge is 0.0434 e. The molecule has 0 atom stereocenters. The van der Waals surface area contributed by atoms with Gasteiger partial charge in [0.1, 0.15) is 0 Å². The SMILES string of the molecule is c1ccc2cc(-c3c4c(c(-c5ccc6ccccc6c5)c5ccccc35)-c3ccc(-c5cccc6c5sc5ccccc56)c5cccc-4c35)ccc2c1. The minimum atomic E-state index is 1.25. The van der Waals surface area contributed by atoms with Crippen molar-refractivity contribution in [2.45, 2.75) is 0 Å². The lowest BCUT2D eigenvalue weighted by Crippen LogP contribution is -1.94. The van der Waals surface area contributed by atoms with E-state index in [-0.39, 0.29) is 0 Å². The standard InChI is InChI=1S/C52H30S/c1-3-13-33-29-35(25-23-31(33)11-1)47-40-16-5-6-17-41(40)48(36-26-24-32-12-2-4-14-34(32)30-36)51-45-28-27-37(39-18-9-21-44(49(39)45)50(47)51)42-19-10-20-43-38-15-7-8-22-46(38)53-52(42)43/h1-30H. The van der Waals surface area contributed by atoms with Gasteiger partial charge in [-0.05, 0) is 111 Å². The summed E-state index contributed by atoms with van der Waals surface area (Å²) >= 11 is 1.91. The third-order valence-corrected chi connectivity index (χ3v) is 12.8. The average molecular weight is 687 g/mol. The topological polar surface area (TPSA) is 0 Å². The minimum absolute atomic E-state index is 1.25. The van der Waals surface area contributed by atoms with Gasteiger partial charge in [-0.1, -0.05) is 164 Å². The molecule has 53 heavy (non-hydrogen) atoms. The molecule has 0 saturated carbocycles. The lowest BCUT2D eigenvalue weighted by Gasteiger charge is -2.21. The predicted octanol–water partition coefficient (Wildman–Crippen LogP) is 15.3. The van der Waals surface area contributed by atoms with E-state index in [1.54, 1.807) is 0 Å². The second-order valence-corrected chi connectivity index (χ2v) is 15.4. The van der Waals surface area contributed by atoms with E-state index >= 15 is 0 Å². The lowest BCUT2D eigenvalue weighted by molar-refractivity contribution is 1.65. The zero-order chi connectivity index (χ0) is 34.6. The first-order chi connectivity index (χ1) is 26.3. The largest absolute Gasteiger partial charge is 0.135 e. The van der Waals surface area contributed by atoms with Crippen molar-refractivity contribution < 1.29 is 0 Å². The fourth-order valence-corrected chi connectivity index (χ4v) is 10.5. The van der Waals surface area contributed by atoms with Crippen molar-refractivity contribution in [3.8, 4) is 55.6 Å². The first-order valence-corrected chi connectivity index (χ1v) is 19.2. The summed E-state index contributed by atoms with van der Waals surface area (Å²) in [5.74, 6) is 0. The van der Waals surface area contributed by atoms with Gasteiger partial charge in [0.15, 0.2) is 0 Å². The van der Waals surface area contributed by atoms with E-state index in [0.29, 0.717) is 0 Å². The van der Waals surface area contributed by atoms with E-state index in [1.807, 2.05) is 11.3 Å². The van der Waals surface area contributed by atoms with E-state index in [1.165, 1.54) is 119 Å². The van der Waals surface area contributed by atoms with Gasteiger partial charge in [0.05, 0.1) is 0 Å². The molecule has 0 N–H and O–H groups in total. The van der Waals surface area contributed by atoms with Crippen molar-refractivity contribution in [1.82, 2.24) is 0 Å². The predicted molar refractivity (Wildman–Crippen MR) is 230 cm³/mol. The third-order valence-electron chi connectivity index (χ3n) is 11.6. The Morgan fingerprint density at radius 2 is 0.774 bits per heavy atom.